The lowest BCUT2D eigenvalue weighted by Gasteiger charge is -2.29. The fourth-order valence-corrected chi connectivity index (χ4v) is 4.24. The first kappa shape index (κ1) is 18.2. The molecule has 0 aliphatic carbocycles. The van der Waals surface area contributed by atoms with Crippen LogP contribution in [0.5, 0.6) is 0 Å². The quantitative estimate of drug-likeness (QED) is 0.520. The molecule has 29 heavy (non-hydrogen) atoms. The third-order valence-electron chi connectivity index (χ3n) is 5.55. The molecule has 0 amide bonds. The van der Waals surface area contributed by atoms with Crippen LogP contribution in [-0.2, 0) is 26.1 Å². The van der Waals surface area contributed by atoms with Crippen molar-refractivity contribution in [2.45, 2.75) is 26.1 Å². The Balaban J connectivity index is 1.53. The standard InChI is InChI=1S/C23H21ClN4O/c24-19-8-6-18(7-9-19)15-28-22(29)20-16-26(14-17-4-2-1-3-5-17)12-10-21(20)27-13-11-25-23(27)28/h1-9,11,13H,10,12,14-16H2. The molecule has 0 radical (unpaired) electrons. The van der Waals surface area contributed by atoms with E-state index in [0.717, 1.165) is 36.3 Å². The van der Waals surface area contributed by atoms with E-state index in [0.29, 0.717) is 23.9 Å². The van der Waals surface area contributed by atoms with E-state index < -0.39 is 0 Å². The summed E-state index contributed by atoms with van der Waals surface area (Å²) >= 11 is 6.01. The molecule has 4 aromatic rings. The van der Waals surface area contributed by atoms with Gasteiger partial charge in [-0.2, -0.15) is 0 Å². The third kappa shape index (κ3) is 3.48. The zero-order chi connectivity index (χ0) is 19.8. The number of hydrogen-bond donors (Lipinski definition) is 0. The van der Waals surface area contributed by atoms with Crippen LogP contribution >= 0.6 is 11.6 Å². The zero-order valence-electron chi connectivity index (χ0n) is 16.0. The van der Waals surface area contributed by atoms with Crippen molar-refractivity contribution in [2.75, 3.05) is 6.54 Å². The summed E-state index contributed by atoms with van der Waals surface area (Å²) in [5.74, 6) is 0.695. The predicted molar refractivity (Wildman–Crippen MR) is 114 cm³/mol. The van der Waals surface area contributed by atoms with E-state index in [1.807, 2.05) is 36.5 Å². The van der Waals surface area contributed by atoms with Crippen LogP contribution in [0, 0.1) is 0 Å². The number of halogens is 1. The van der Waals surface area contributed by atoms with Crippen molar-refractivity contribution in [3.63, 3.8) is 0 Å². The molecule has 0 unspecified atom stereocenters. The van der Waals surface area contributed by atoms with Gasteiger partial charge in [0, 0.05) is 49.2 Å². The van der Waals surface area contributed by atoms with Crippen molar-refractivity contribution in [2.24, 2.45) is 0 Å². The number of hydrogen-bond acceptors (Lipinski definition) is 3. The summed E-state index contributed by atoms with van der Waals surface area (Å²) in [5, 5.41) is 0.689. The number of fused-ring (bicyclic) bond motifs is 3. The largest absolute Gasteiger partial charge is 0.294 e. The molecule has 3 heterocycles. The second kappa shape index (κ2) is 7.50. The summed E-state index contributed by atoms with van der Waals surface area (Å²) in [5.41, 5.74) is 4.29. The lowest BCUT2D eigenvalue weighted by Crippen LogP contribution is -2.38. The molecule has 5 nitrogen and oxygen atoms in total. The van der Waals surface area contributed by atoms with Gasteiger partial charge in [-0.25, -0.2) is 4.98 Å². The van der Waals surface area contributed by atoms with Crippen LogP contribution in [0.4, 0.5) is 0 Å². The van der Waals surface area contributed by atoms with Gasteiger partial charge in [0.1, 0.15) is 0 Å². The van der Waals surface area contributed by atoms with E-state index in [9.17, 15) is 4.79 Å². The van der Waals surface area contributed by atoms with E-state index in [4.69, 9.17) is 11.6 Å². The van der Waals surface area contributed by atoms with Crippen molar-refractivity contribution in [1.82, 2.24) is 18.9 Å². The van der Waals surface area contributed by atoms with Gasteiger partial charge in [0.2, 0.25) is 5.78 Å². The minimum Gasteiger partial charge on any atom is -0.294 e. The highest BCUT2D eigenvalue weighted by Gasteiger charge is 2.24. The van der Waals surface area contributed by atoms with Crippen molar-refractivity contribution < 1.29 is 0 Å². The molecular weight excluding hydrogens is 384 g/mol. The molecule has 0 saturated heterocycles. The lowest BCUT2D eigenvalue weighted by molar-refractivity contribution is 0.240. The Labute approximate surface area is 173 Å². The average Bonchev–Trinajstić information content (AvgIpc) is 3.23. The number of aromatic nitrogens is 3. The van der Waals surface area contributed by atoms with Gasteiger partial charge in [0.05, 0.1) is 12.1 Å². The number of benzene rings is 2. The van der Waals surface area contributed by atoms with E-state index in [1.165, 1.54) is 5.56 Å². The van der Waals surface area contributed by atoms with Crippen LogP contribution in [0.25, 0.3) is 5.78 Å². The zero-order valence-corrected chi connectivity index (χ0v) is 16.7. The first-order valence-corrected chi connectivity index (χ1v) is 10.2. The van der Waals surface area contributed by atoms with Crippen molar-refractivity contribution in [1.29, 1.82) is 0 Å². The van der Waals surface area contributed by atoms with Crippen LogP contribution in [0.3, 0.4) is 0 Å². The van der Waals surface area contributed by atoms with Gasteiger partial charge in [-0.1, -0.05) is 54.1 Å². The van der Waals surface area contributed by atoms with Crippen LogP contribution in [0.1, 0.15) is 22.4 Å². The molecular formula is C23H21ClN4O. The molecule has 0 spiro atoms. The first-order valence-electron chi connectivity index (χ1n) is 9.77. The summed E-state index contributed by atoms with van der Waals surface area (Å²) in [6.45, 7) is 2.90. The SMILES string of the molecule is O=c1c2c(n3ccnc3n1Cc1ccc(Cl)cc1)CCN(Cc1ccccc1)C2. The highest BCUT2D eigenvalue weighted by atomic mass is 35.5. The van der Waals surface area contributed by atoms with Gasteiger partial charge in [-0.3, -0.25) is 18.7 Å². The molecule has 0 bridgehead atoms. The van der Waals surface area contributed by atoms with E-state index in [2.05, 4.69) is 38.6 Å². The number of rotatable bonds is 4. The van der Waals surface area contributed by atoms with E-state index in [1.54, 1.807) is 10.8 Å². The van der Waals surface area contributed by atoms with E-state index in [-0.39, 0.29) is 5.56 Å². The Hall–Kier alpha value is -2.89. The molecule has 0 fully saturated rings. The monoisotopic (exact) mass is 404 g/mol. The Morgan fingerprint density at radius 2 is 1.72 bits per heavy atom. The normalized spacial score (nSPS) is 14.2. The fourth-order valence-electron chi connectivity index (χ4n) is 4.12. The Morgan fingerprint density at radius 1 is 0.966 bits per heavy atom. The molecule has 0 saturated carbocycles. The van der Waals surface area contributed by atoms with Crippen LogP contribution in [0.15, 0.2) is 71.8 Å². The summed E-state index contributed by atoms with van der Waals surface area (Å²) in [6, 6.07) is 18.0. The Bertz CT molecular complexity index is 1210. The van der Waals surface area contributed by atoms with Gasteiger partial charge in [-0.05, 0) is 23.3 Å². The summed E-state index contributed by atoms with van der Waals surface area (Å²) < 4.78 is 3.85. The molecule has 146 valence electrons. The Kier molecular flexibility index (Phi) is 4.70. The second-order valence-corrected chi connectivity index (χ2v) is 7.92. The van der Waals surface area contributed by atoms with Gasteiger partial charge in [-0.15, -0.1) is 0 Å². The first-order chi connectivity index (χ1) is 14.2. The topological polar surface area (TPSA) is 42.5 Å². The maximum absolute atomic E-state index is 13.5. The summed E-state index contributed by atoms with van der Waals surface area (Å²) in [7, 11) is 0. The lowest BCUT2D eigenvalue weighted by atomic mass is 10.1. The van der Waals surface area contributed by atoms with Crippen LogP contribution in [-0.4, -0.2) is 25.4 Å². The summed E-state index contributed by atoms with van der Waals surface area (Å²) in [4.78, 5) is 20.3. The maximum atomic E-state index is 13.5. The molecule has 1 aliphatic rings. The number of nitrogens with zero attached hydrogens (tertiary/aromatic N) is 4. The maximum Gasteiger partial charge on any atom is 0.259 e. The second-order valence-electron chi connectivity index (χ2n) is 7.49. The van der Waals surface area contributed by atoms with Crippen molar-refractivity contribution in [3.8, 4) is 0 Å². The van der Waals surface area contributed by atoms with Gasteiger partial charge >= 0.3 is 0 Å². The minimum absolute atomic E-state index is 0.0476. The average molecular weight is 405 g/mol. The molecule has 2 aromatic carbocycles. The van der Waals surface area contributed by atoms with Gasteiger partial charge < -0.3 is 0 Å². The predicted octanol–water partition coefficient (Wildman–Crippen LogP) is 3.76. The molecule has 5 rings (SSSR count). The van der Waals surface area contributed by atoms with Crippen LogP contribution in [0.2, 0.25) is 5.02 Å². The third-order valence-corrected chi connectivity index (χ3v) is 5.81. The molecule has 0 atom stereocenters. The fraction of sp³-hybridized carbons (Fsp3) is 0.217. The van der Waals surface area contributed by atoms with Crippen molar-refractivity contribution in [3.05, 3.63) is 105 Å². The molecule has 6 heteroatoms. The van der Waals surface area contributed by atoms with E-state index >= 15 is 0 Å². The minimum atomic E-state index is 0.0476. The highest BCUT2D eigenvalue weighted by molar-refractivity contribution is 6.30. The molecule has 1 aliphatic heterocycles. The molecule has 0 N–H and O–H groups in total. The number of imidazole rings is 1. The highest BCUT2D eigenvalue weighted by Crippen LogP contribution is 2.20. The molecule has 2 aromatic heterocycles. The smallest absolute Gasteiger partial charge is 0.259 e. The van der Waals surface area contributed by atoms with Crippen molar-refractivity contribution >= 4 is 17.4 Å². The summed E-state index contributed by atoms with van der Waals surface area (Å²) in [6.07, 6.45) is 4.56. The van der Waals surface area contributed by atoms with Gasteiger partial charge in [0.15, 0.2) is 0 Å². The van der Waals surface area contributed by atoms with Crippen LogP contribution < -0.4 is 5.56 Å². The Morgan fingerprint density at radius 3 is 2.52 bits per heavy atom. The van der Waals surface area contributed by atoms with Gasteiger partial charge in [0.25, 0.3) is 5.56 Å².